The summed E-state index contributed by atoms with van der Waals surface area (Å²) in [7, 11) is 0. The Morgan fingerprint density at radius 1 is 1.08 bits per heavy atom. The van der Waals surface area contributed by atoms with Gasteiger partial charge in [0.1, 0.15) is 5.82 Å². The van der Waals surface area contributed by atoms with Crippen LogP contribution in [-0.4, -0.2) is 38.7 Å². The number of likely N-dealkylation sites (tertiary alicyclic amines) is 1. The predicted octanol–water partition coefficient (Wildman–Crippen LogP) is 5.21. The van der Waals surface area contributed by atoms with Crippen LogP contribution in [0.15, 0.2) is 79.3 Å². The quantitative estimate of drug-likeness (QED) is 0.251. The summed E-state index contributed by atoms with van der Waals surface area (Å²) in [6, 6.07) is 19.9. The average molecular weight is 488 g/mol. The first-order chi connectivity index (χ1) is 18.1. The van der Waals surface area contributed by atoms with E-state index in [0.29, 0.717) is 18.8 Å². The Kier molecular flexibility index (Phi) is 7.32. The van der Waals surface area contributed by atoms with Crippen molar-refractivity contribution in [1.29, 1.82) is 5.26 Å². The molecule has 0 bridgehead atoms. The smallest absolute Gasteiger partial charge is 0.179 e. The largest absolute Gasteiger partial charge is 0.310 e. The van der Waals surface area contributed by atoms with Gasteiger partial charge in [0, 0.05) is 55.6 Å². The van der Waals surface area contributed by atoms with Crippen LogP contribution in [0.1, 0.15) is 44.9 Å². The molecule has 184 valence electrons. The molecular formula is C31H29N5O. The number of rotatable bonds is 8. The summed E-state index contributed by atoms with van der Waals surface area (Å²) < 4.78 is 0. The third-order valence-electron chi connectivity index (χ3n) is 7.02. The van der Waals surface area contributed by atoms with Gasteiger partial charge in [-0.2, -0.15) is 5.26 Å². The normalized spacial score (nSPS) is 14.9. The molecular weight excluding hydrogens is 458 g/mol. The molecule has 6 nitrogen and oxygen atoms in total. The lowest BCUT2D eigenvalue weighted by Crippen LogP contribution is -2.14. The minimum atomic E-state index is 0.104. The van der Waals surface area contributed by atoms with E-state index >= 15 is 0 Å². The average Bonchev–Trinajstić information content (AvgIpc) is 3.39. The van der Waals surface area contributed by atoms with Crippen molar-refractivity contribution >= 4 is 5.78 Å². The molecule has 4 aromatic rings. The third kappa shape index (κ3) is 6.07. The molecule has 1 aliphatic rings. The van der Waals surface area contributed by atoms with Crippen molar-refractivity contribution in [3.63, 3.8) is 0 Å². The van der Waals surface area contributed by atoms with Crippen molar-refractivity contribution < 1.29 is 4.79 Å². The summed E-state index contributed by atoms with van der Waals surface area (Å²) in [6.45, 7) is 3.74. The number of aryl methyl sites for hydroxylation is 1. The number of aromatic nitrogens is 3. The molecule has 2 aromatic carbocycles. The van der Waals surface area contributed by atoms with Crippen molar-refractivity contribution in [2.24, 2.45) is 5.92 Å². The number of pyridine rings is 1. The van der Waals surface area contributed by atoms with Gasteiger partial charge >= 0.3 is 0 Å². The van der Waals surface area contributed by atoms with E-state index in [9.17, 15) is 4.79 Å². The highest BCUT2D eigenvalue weighted by Gasteiger charge is 2.21. The van der Waals surface area contributed by atoms with Crippen LogP contribution in [0.3, 0.4) is 0 Å². The molecule has 2 aromatic heterocycles. The number of hydrogen-bond acceptors (Lipinski definition) is 6. The van der Waals surface area contributed by atoms with Crippen molar-refractivity contribution in [2.75, 3.05) is 13.1 Å². The molecule has 0 saturated carbocycles. The summed E-state index contributed by atoms with van der Waals surface area (Å²) in [5.41, 5.74) is 7.00. The van der Waals surface area contributed by atoms with Crippen LogP contribution in [0.5, 0.6) is 0 Å². The summed E-state index contributed by atoms with van der Waals surface area (Å²) >= 11 is 0. The molecule has 1 atom stereocenters. The number of ketones is 1. The van der Waals surface area contributed by atoms with Gasteiger partial charge in [0.15, 0.2) is 12.0 Å². The van der Waals surface area contributed by atoms with Crippen LogP contribution < -0.4 is 0 Å². The van der Waals surface area contributed by atoms with E-state index in [0.717, 1.165) is 65.3 Å². The van der Waals surface area contributed by atoms with Gasteiger partial charge in [0.05, 0.1) is 5.69 Å². The van der Waals surface area contributed by atoms with Crippen LogP contribution in [0.25, 0.3) is 11.3 Å². The van der Waals surface area contributed by atoms with Gasteiger partial charge in [0.2, 0.25) is 0 Å². The topological polar surface area (TPSA) is 82.8 Å². The maximum atomic E-state index is 13.0. The Labute approximate surface area is 217 Å². The Bertz CT molecular complexity index is 1430. The molecule has 37 heavy (non-hydrogen) atoms. The lowest BCUT2D eigenvalue weighted by Gasteiger charge is -2.11. The molecule has 6 heteroatoms. The number of nitriles is 1. The van der Waals surface area contributed by atoms with E-state index in [4.69, 9.17) is 10.2 Å². The molecule has 1 saturated heterocycles. The van der Waals surface area contributed by atoms with E-state index in [-0.39, 0.29) is 5.78 Å². The van der Waals surface area contributed by atoms with E-state index < -0.39 is 0 Å². The Morgan fingerprint density at radius 2 is 1.92 bits per heavy atom. The zero-order chi connectivity index (χ0) is 25.6. The summed E-state index contributed by atoms with van der Waals surface area (Å²) in [5.74, 6) is 1.34. The second-order valence-electron chi connectivity index (χ2n) is 9.74. The van der Waals surface area contributed by atoms with Gasteiger partial charge in [-0.15, -0.1) is 0 Å². The molecule has 5 rings (SSSR count). The Hall–Kier alpha value is -4.37. The number of Topliss-reactive ketones (excluding diaryl/α,β-unsaturated/α-hetero) is 1. The molecule has 3 heterocycles. The molecule has 0 aliphatic carbocycles. The van der Waals surface area contributed by atoms with Crippen molar-refractivity contribution in [2.45, 2.75) is 32.6 Å². The fourth-order valence-electron chi connectivity index (χ4n) is 4.89. The summed E-state index contributed by atoms with van der Waals surface area (Å²) in [6.07, 6.45) is 10.5. The Balaban J connectivity index is 1.24. The van der Waals surface area contributed by atoms with Gasteiger partial charge in [-0.05, 0) is 66.1 Å². The molecule has 1 fully saturated rings. The standard InChI is InChI=1S/C31H29N5O/c1-22-4-5-24(16-28(22)18-31-34-13-10-29(35-31)27-3-2-12-33-19-27)17-30(37)26-8-6-23(7-9-26)15-25-11-14-36(20-25)21-32/h2-10,12-13,16,19,25H,11,14-15,17-18,20H2,1H3. The number of carbonyl (C=O) groups excluding carboxylic acids is 1. The minimum absolute atomic E-state index is 0.104. The number of nitrogens with zero attached hydrogens (tertiary/aromatic N) is 5. The summed E-state index contributed by atoms with van der Waals surface area (Å²) in [5, 5.41) is 9.06. The highest BCUT2D eigenvalue weighted by atomic mass is 16.1. The van der Waals surface area contributed by atoms with Gasteiger partial charge < -0.3 is 4.90 Å². The van der Waals surface area contributed by atoms with Crippen molar-refractivity contribution in [3.05, 3.63) is 113 Å². The Morgan fingerprint density at radius 3 is 2.68 bits per heavy atom. The second kappa shape index (κ2) is 11.1. The van der Waals surface area contributed by atoms with E-state index in [1.165, 1.54) is 5.56 Å². The van der Waals surface area contributed by atoms with Crippen LogP contribution in [-0.2, 0) is 19.3 Å². The van der Waals surface area contributed by atoms with E-state index in [2.05, 4.69) is 47.4 Å². The summed E-state index contributed by atoms with van der Waals surface area (Å²) in [4.78, 5) is 28.2. The van der Waals surface area contributed by atoms with E-state index in [1.807, 2.05) is 41.3 Å². The molecule has 1 unspecified atom stereocenters. The minimum Gasteiger partial charge on any atom is -0.310 e. The first-order valence-corrected chi connectivity index (χ1v) is 12.6. The first-order valence-electron chi connectivity index (χ1n) is 12.6. The maximum Gasteiger partial charge on any atom is 0.179 e. The third-order valence-corrected chi connectivity index (χ3v) is 7.02. The SMILES string of the molecule is Cc1ccc(CC(=O)c2ccc(CC3CCN(C#N)C3)cc2)cc1Cc1nccc(-c2cccnc2)n1. The molecule has 0 radical (unpaired) electrons. The molecule has 1 aliphatic heterocycles. The van der Waals surface area contributed by atoms with Gasteiger partial charge in [-0.25, -0.2) is 9.97 Å². The fraction of sp³-hybridized carbons (Fsp3) is 0.258. The fourth-order valence-corrected chi connectivity index (χ4v) is 4.89. The lowest BCUT2D eigenvalue weighted by molar-refractivity contribution is 0.0993. The zero-order valence-electron chi connectivity index (χ0n) is 21.0. The van der Waals surface area contributed by atoms with Crippen molar-refractivity contribution in [3.8, 4) is 17.5 Å². The van der Waals surface area contributed by atoms with Gasteiger partial charge in [-0.3, -0.25) is 9.78 Å². The molecule has 0 N–H and O–H groups in total. The second-order valence-corrected chi connectivity index (χ2v) is 9.74. The molecule has 0 amide bonds. The van der Waals surface area contributed by atoms with Gasteiger partial charge in [0.25, 0.3) is 0 Å². The van der Waals surface area contributed by atoms with Crippen LogP contribution in [0, 0.1) is 24.3 Å². The van der Waals surface area contributed by atoms with Crippen LogP contribution in [0.2, 0.25) is 0 Å². The first kappa shape index (κ1) is 24.3. The highest BCUT2D eigenvalue weighted by Crippen LogP contribution is 2.22. The van der Waals surface area contributed by atoms with Crippen molar-refractivity contribution in [1.82, 2.24) is 19.9 Å². The van der Waals surface area contributed by atoms with Crippen LogP contribution in [0.4, 0.5) is 0 Å². The lowest BCUT2D eigenvalue weighted by atomic mass is 9.95. The molecule has 0 spiro atoms. The maximum absolute atomic E-state index is 13.0. The number of hydrogen-bond donors (Lipinski definition) is 0. The zero-order valence-corrected chi connectivity index (χ0v) is 21.0. The predicted molar refractivity (Wildman–Crippen MR) is 143 cm³/mol. The van der Waals surface area contributed by atoms with Gasteiger partial charge in [-0.1, -0.05) is 42.5 Å². The highest BCUT2D eigenvalue weighted by molar-refractivity contribution is 5.97. The monoisotopic (exact) mass is 487 g/mol. The number of benzene rings is 2. The number of carbonyl (C=O) groups is 1. The van der Waals surface area contributed by atoms with E-state index in [1.54, 1.807) is 18.6 Å². The van der Waals surface area contributed by atoms with Crippen LogP contribution >= 0.6 is 0 Å².